The highest BCUT2D eigenvalue weighted by atomic mass is 19.1. The maximum Gasteiger partial charge on any atom is 0.260 e. The minimum Gasteiger partial charge on any atom is -0.298 e. The monoisotopic (exact) mass is 347 g/mol. The summed E-state index contributed by atoms with van der Waals surface area (Å²) in [6.07, 6.45) is 1.42. The van der Waals surface area contributed by atoms with Crippen LogP contribution in [0.25, 0.3) is 10.8 Å². The lowest BCUT2D eigenvalue weighted by molar-refractivity contribution is -0.119. The number of amides is 2. The Morgan fingerprint density at radius 2 is 1.81 bits per heavy atom. The predicted octanol–water partition coefficient (Wildman–Crippen LogP) is 3.09. The minimum absolute atomic E-state index is 0.132. The van der Waals surface area contributed by atoms with Gasteiger partial charge in [0.25, 0.3) is 11.8 Å². The van der Waals surface area contributed by atoms with Crippen molar-refractivity contribution in [1.82, 2.24) is 5.43 Å². The Kier molecular flexibility index (Phi) is 3.93. The van der Waals surface area contributed by atoms with Gasteiger partial charge in [0.05, 0.1) is 11.9 Å². The predicted molar refractivity (Wildman–Crippen MR) is 97.8 cm³/mol. The van der Waals surface area contributed by atoms with Crippen molar-refractivity contribution in [1.29, 1.82) is 0 Å². The highest BCUT2D eigenvalue weighted by Gasteiger charge is 2.30. The third-order valence-electron chi connectivity index (χ3n) is 4.22. The second-order valence-electron chi connectivity index (χ2n) is 5.92. The standard InChI is InChI=1S/C20H14FN3O2/c21-15-9-7-13(8-10-15)11-22-23-18(25)12-24-17-6-2-4-14-3-1-5-16(19(14)17)20(24)26/h1-11H,12H2,(H,23,25)/b22-11-. The molecule has 26 heavy (non-hydrogen) atoms. The van der Waals surface area contributed by atoms with Crippen LogP contribution in [0.3, 0.4) is 0 Å². The van der Waals surface area contributed by atoms with Gasteiger partial charge in [-0.1, -0.05) is 36.4 Å². The number of halogens is 1. The summed E-state index contributed by atoms with van der Waals surface area (Å²) in [4.78, 5) is 26.2. The van der Waals surface area contributed by atoms with Crippen molar-refractivity contribution in [3.63, 3.8) is 0 Å². The lowest BCUT2D eigenvalue weighted by atomic mass is 10.1. The van der Waals surface area contributed by atoms with E-state index in [2.05, 4.69) is 10.5 Å². The summed E-state index contributed by atoms with van der Waals surface area (Å²) < 4.78 is 12.9. The van der Waals surface area contributed by atoms with E-state index >= 15 is 0 Å². The number of hydrogen-bond donors (Lipinski definition) is 1. The lowest BCUT2D eigenvalue weighted by Gasteiger charge is -2.16. The first kappa shape index (κ1) is 16.0. The average molecular weight is 347 g/mol. The molecule has 4 rings (SSSR count). The summed E-state index contributed by atoms with van der Waals surface area (Å²) in [6.45, 7) is -0.132. The second kappa shape index (κ2) is 6.40. The smallest absolute Gasteiger partial charge is 0.260 e. The third-order valence-corrected chi connectivity index (χ3v) is 4.22. The first-order chi connectivity index (χ1) is 12.6. The molecule has 0 aliphatic carbocycles. The first-order valence-electron chi connectivity index (χ1n) is 8.04. The van der Waals surface area contributed by atoms with E-state index in [0.29, 0.717) is 11.1 Å². The van der Waals surface area contributed by atoms with E-state index in [1.807, 2.05) is 30.3 Å². The van der Waals surface area contributed by atoms with Gasteiger partial charge in [-0.2, -0.15) is 5.10 Å². The van der Waals surface area contributed by atoms with E-state index in [9.17, 15) is 14.0 Å². The molecule has 6 heteroatoms. The van der Waals surface area contributed by atoms with Gasteiger partial charge >= 0.3 is 0 Å². The molecule has 1 heterocycles. The molecule has 0 bridgehead atoms. The summed E-state index contributed by atoms with van der Waals surface area (Å²) in [5.74, 6) is -0.955. The van der Waals surface area contributed by atoms with Crippen molar-refractivity contribution < 1.29 is 14.0 Å². The first-order valence-corrected chi connectivity index (χ1v) is 8.04. The molecule has 0 aromatic heterocycles. The van der Waals surface area contributed by atoms with Gasteiger partial charge in [0.15, 0.2) is 0 Å². The van der Waals surface area contributed by atoms with Crippen molar-refractivity contribution in [3.8, 4) is 0 Å². The molecule has 1 aliphatic rings. The fourth-order valence-corrected chi connectivity index (χ4v) is 3.04. The molecule has 0 radical (unpaired) electrons. The Labute approximate surface area is 148 Å². The summed E-state index contributed by atoms with van der Waals surface area (Å²) in [6, 6.07) is 16.9. The van der Waals surface area contributed by atoms with Gasteiger partial charge in [-0.05, 0) is 35.2 Å². The van der Waals surface area contributed by atoms with E-state index in [1.54, 1.807) is 18.2 Å². The summed E-state index contributed by atoms with van der Waals surface area (Å²) in [5, 5.41) is 5.68. The van der Waals surface area contributed by atoms with Gasteiger partial charge < -0.3 is 0 Å². The summed E-state index contributed by atoms with van der Waals surface area (Å²) in [7, 11) is 0. The molecule has 3 aromatic rings. The number of hydrogen-bond acceptors (Lipinski definition) is 3. The summed E-state index contributed by atoms with van der Waals surface area (Å²) in [5.41, 5.74) is 4.37. The van der Waals surface area contributed by atoms with E-state index in [-0.39, 0.29) is 18.3 Å². The van der Waals surface area contributed by atoms with Crippen molar-refractivity contribution in [3.05, 3.63) is 77.6 Å². The fourth-order valence-electron chi connectivity index (χ4n) is 3.04. The second-order valence-corrected chi connectivity index (χ2v) is 5.92. The SMILES string of the molecule is O=C(CN1C(=O)c2cccc3cccc1c23)N/N=C\c1ccc(F)cc1. The maximum absolute atomic E-state index is 12.9. The van der Waals surface area contributed by atoms with Crippen LogP contribution in [0, 0.1) is 5.82 Å². The molecule has 0 saturated carbocycles. The number of anilines is 1. The van der Waals surface area contributed by atoms with Gasteiger partial charge in [0.2, 0.25) is 0 Å². The number of rotatable bonds is 4. The largest absolute Gasteiger partial charge is 0.298 e. The van der Waals surface area contributed by atoms with Crippen LogP contribution in [0.4, 0.5) is 10.1 Å². The highest BCUT2D eigenvalue weighted by Crippen LogP contribution is 2.36. The number of carbonyl (C=O) groups is 2. The molecule has 2 amide bonds. The Balaban J connectivity index is 1.48. The fraction of sp³-hybridized carbons (Fsp3) is 0.0500. The molecule has 128 valence electrons. The minimum atomic E-state index is -0.415. The number of hydrazone groups is 1. The van der Waals surface area contributed by atoms with Gasteiger partial charge in [-0.15, -0.1) is 0 Å². The van der Waals surface area contributed by atoms with Crippen LogP contribution in [0.1, 0.15) is 15.9 Å². The molecule has 0 fully saturated rings. The third kappa shape index (κ3) is 2.82. The maximum atomic E-state index is 12.9. The van der Waals surface area contributed by atoms with Gasteiger partial charge in [0.1, 0.15) is 12.4 Å². The zero-order chi connectivity index (χ0) is 18.1. The van der Waals surface area contributed by atoms with Crippen molar-refractivity contribution in [2.45, 2.75) is 0 Å². The molecular formula is C20H14FN3O2. The van der Waals surface area contributed by atoms with Crippen LogP contribution >= 0.6 is 0 Å². The van der Waals surface area contributed by atoms with Crippen LogP contribution in [0.5, 0.6) is 0 Å². The molecular weight excluding hydrogens is 333 g/mol. The number of carbonyl (C=O) groups excluding carboxylic acids is 2. The van der Waals surface area contributed by atoms with Crippen molar-refractivity contribution in [2.75, 3.05) is 11.4 Å². The van der Waals surface area contributed by atoms with Gasteiger partial charge in [0, 0.05) is 10.9 Å². The summed E-state index contributed by atoms with van der Waals surface area (Å²) >= 11 is 0. The zero-order valence-corrected chi connectivity index (χ0v) is 13.6. The van der Waals surface area contributed by atoms with E-state index < -0.39 is 5.91 Å². The lowest BCUT2D eigenvalue weighted by Crippen LogP contribution is -2.37. The van der Waals surface area contributed by atoms with E-state index in [4.69, 9.17) is 0 Å². The molecule has 0 spiro atoms. The van der Waals surface area contributed by atoms with Crippen LogP contribution in [-0.4, -0.2) is 24.6 Å². The van der Waals surface area contributed by atoms with Gasteiger partial charge in [-0.3, -0.25) is 14.5 Å². The molecule has 1 aliphatic heterocycles. The Morgan fingerprint density at radius 1 is 1.08 bits per heavy atom. The average Bonchev–Trinajstić information content (AvgIpc) is 2.92. The van der Waals surface area contributed by atoms with Crippen LogP contribution in [-0.2, 0) is 4.79 Å². The molecule has 3 aromatic carbocycles. The van der Waals surface area contributed by atoms with Crippen LogP contribution < -0.4 is 10.3 Å². The molecule has 1 N–H and O–H groups in total. The molecule has 0 saturated heterocycles. The Hall–Kier alpha value is -3.54. The van der Waals surface area contributed by atoms with Crippen molar-refractivity contribution in [2.24, 2.45) is 5.10 Å². The number of benzene rings is 3. The Morgan fingerprint density at radius 3 is 2.58 bits per heavy atom. The Bertz CT molecular complexity index is 1040. The normalized spacial score (nSPS) is 13.0. The van der Waals surface area contributed by atoms with Gasteiger partial charge in [-0.25, -0.2) is 9.82 Å². The molecule has 5 nitrogen and oxygen atoms in total. The van der Waals surface area contributed by atoms with Crippen molar-refractivity contribution >= 4 is 34.5 Å². The van der Waals surface area contributed by atoms with E-state index in [0.717, 1.165) is 16.5 Å². The zero-order valence-electron chi connectivity index (χ0n) is 13.6. The van der Waals surface area contributed by atoms with Crippen LogP contribution in [0.2, 0.25) is 0 Å². The molecule has 0 atom stereocenters. The van der Waals surface area contributed by atoms with E-state index in [1.165, 1.54) is 23.2 Å². The van der Waals surface area contributed by atoms with Crippen LogP contribution in [0.15, 0.2) is 65.8 Å². The topological polar surface area (TPSA) is 61.8 Å². The number of nitrogens with one attached hydrogen (secondary N) is 1. The molecule has 0 unspecified atom stereocenters. The number of nitrogens with zero attached hydrogens (tertiary/aromatic N) is 2. The highest BCUT2D eigenvalue weighted by molar-refractivity contribution is 6.26. The quantitative estimate of drug-likeness (QED) is 0.582.